The van der Waals surface area contributed by atoms with Crippen molar-refractivity contribution in [2.45, 2.75) is 6.54 Å². The lowest BCUT2D eigenvalue weighted by molar-refractivity contribution is 0.215. The number of nitrogens with zero attached hydrogens (tertiary/aromatic N) is 1. The molecule has 0 unspecified atom stereocenters. The number of hydrogen-bond acceptors (Lipinski definition) is 2. The van der Waals surface area contributed by atoms with Crippen LogP contribution in [-0.2, 0) is 6.54 Å². The summed E-state index contributed by atoms with van der Waals surface area (Å²) in [4.78, 5) is 12.8. The van der Waals surface area contributed by atoms with Gasteiger partial charge in [0.25, 0.3) is 0 Å². The Balaban J connectivity index is 1.99. The van der Waals surface area contributed by atoms with Crippen molar-refractivity contribution in [2.24, 2.45) is 0 Å². The first-order chi connectivity index (χ1) is 5.86. The van der Waals surface area contributed by atoms with Gasteiger partial charge in [0.05, 0.1) is 19.1 Å². The van der Waals surface area contributed by atoms with E-state index in [1.54, 1.807) is 17.4 Å². The number of nitrogens with one attached hydrogen (secondary N) is 1. The fraction of sp³-hybridized carbons (Fsp3) is 0.375. The van der Waals surface area contributed by atoms with Crippen LogP contribution >= 0.6 is 0 Å². The number of rotatable bonds is 2. The Hall–Kier alpha value is -1.45. The van der Waals surface area contributed by atoms with E-state index in [1.165, 1.54) is 0 Å². The highest BCUT2D eigenvalue weighted by Crippen LogP contribution is 2.07. The first kappa shape index (κ1) is 7.21. The molecule has 1 aliphatic rings. The van der Waals surface area contributed by atoms with Gasteiger partial charge in [-0.2, -0.15) is 0 Å². The van der Waals surface area contributed by atoms with Crippen LogP contribution in [0.2, 0.25) is 0 Å². The largest absolute Gasteiger partial charge is 0.472 e. The molecule has 0 spiro atoms. The van der Waals surface area contributed by atoms with Crippen molar-refractivity contribution in [2.75, 3.05) is 13.1 Å². The lowest BCUT2D eigenvalue weighted by atomic mass is 10.3. The zero-order chi connectivity index (χ0) is 8.39. The van der Waals surface area contributed by atoms with Crippen molar-refractivity contribution in [1.82, 2.24) is 10.2 Å². The molecule has 2 amide bonds. The zero-order valence-electron chi connectivity index (χ0n) is 6.62. The van der Waals surface area contributed by atoms with E-state index in [0.29, 0.717) is 6.54 Å². The van der Waals surface area contributed by atoms with Crippen LogP contribution in [0.3, 0.4) is 0 Å². The molecule has 0 bridgehead atoms. The van der Waals surface area contributed by atoms with Gasteiger partial charge in [-0.25, -0.2) is 4.79 Å². The number of carbonyl (C=O) groups is 1. The van der Waals surface area contributed by atoms with Crippen LogP contribution in [0.5, 0.6) is 0 Å². The second-order valence-electron chi connectivity index (χ2n) is 2.79. The average Bonchev–Trinajstić information content (AvgIpc) is 2.65. The van der Waals surface area contributed by atoms with Crippen LogP contribution in [0.1, 0.15) is 5.56 Å². The highest BCUT2D eigenvalue weighted by molar-refractivity contribution is 5.76. The summed E-state index contributed by atoms with van der Waals surface area (Å²) in [5.41, 5.74) is 1.03. The first-order valence-electron chi connectivity index (χ1n) is 3.90. The number of furan rings is 1. The van der Waals surface area contributed by atoms with Gasteiger partial charge in [-0.3, -0.25) is 0 Å². The van der Waals surface area contributed by atoms with Crippen molar-refractivity contribution in [3.63, 3.8) is 0 Å². The van der Waals surface area contributed by atoms with Gasteiger partial charge in [-0.05, 0) is 6.07 Å². The summed E-state index contributed by atoms with van der Waals surface area (Å²) in [6.07, 6.45) is 3.27. The third kappa shape index (κ3) is 1.28. The topological polar surface area (TPSA) is 45.5 Å². The van der Waals surface area contributed by atoms with Crippen LogP contribution < -0.4 is 5.32 Å². The maximum absolute atomic E-state index is 11.1. The second kappa shape index (κ2) is 2.89. The molecule has 1 aromatic rings. The van der Waals surface area contributed by atoms with Gasteiger partial charge in [-0.15, -0.1) is 0 Å². The van der Waals surface area contributed by atoms with E-state index in [2.05, 4.69) is 5.32 Å². The highest BCUT2D eigenvalue weighted by Gasteiger charge is 2.19. The Morgan fingerprint density at radius 1 is 1.67 bits per heavy atom. The van der Waals surface area contributed by atoms with Crippen molar-refractivity contribution < 1.29 is 9.21 Å². The zero-order valence-corrected chi connectivity index (χ0v) is 6.62. The van der Waals surface area contributed by atoms with E-state index in [4.69, 9.17) is 4.42 Å². The molecule has 0 aliphatic carbocycles. The molecule has 0 atom stereocenters. The lowest BCUT2D eigenvalue weighted by Crippen LogP contribution is -2.27. The van der Waals surface area contributed by atoms with E-state index in [-0.39, 0.29) is 6.03 Å². The van der Waals surface area contributed by atoms with E-state index in [0.717, 1.165) is 18.7 Å². The van der Waals surface area contributed by atoms with Crippen molar-refractivity contribution in [3.8, 4) is 0 Å². The Morgan fingerprint density at radius 3 is 3.17 bits per heavy atom. The average molecular weight is 166 g/mol. The van der Waals surface area contributed by atoms with Crippen molar-refractivity contribution >= 4 is 6.03 Å². The first-order valence-corrected chi connectivity index (χ1v) is 3.90. The summed E-state index contributed by atoms with van der Waals surface area (Å²) in [6, 6.07) is 1.88. The Kier molecular flexibility index (Phi) is 1.74. The fourth-order valence-electron chi connectivity index (χ4n) is 1.27. The summed E-state index contributed by atoms with van der Waals surface area (Å²) >= 11 is 0. The predicted octanol–water partition coefficient (Wildman–Crippen LogP) is 0.805. The van der Waals surface area contributed by atoms with Gasteiger partial charge in [0.1, 0.15) is 0 Å². The summed E-state index contributed by atoms with van der Waals surface area (Å²) in [6.45, 7) is 2.17. The van der Waals surface area contributed by atoms with Gasteiger partial charge in [0, 0.05) is 18.7 Å². The fourth-order valence-corrected chi connectivity index (χ4v) is 1.27. The Bertz CT molecular complexity index is 269. The standard InChI is InChI=1S/C8H10N2O2/c11-8-9-2-3-10(8)5-7-1-4-12-6-7/h1,4,6H,2-3,5H2,(H,9,11). The molecule has 0 saturated carbocycles. The molecule has 1 aliphatic heterocycles. The Labute approximate surface area is 70.2 Å². The smallest absolute Gasteiger partial charge is 0.317 e. The van der Waals surface area contributed by atoms with Crippen LogP contribution in [-0.4, -0.2) is 24.0 Å². The van der Waals surface area contributed by atoms with Gasteiger partial charge < -0.3 is 14.6 Å². The number of hydrogen-bond donors (Lipinski definition) is 1. The van der Waals surface area contributed by atoms with Crippen LogP contribution in [0.4, 0.5) is 4.79 Å². The van der Waals surface area contributed by atoms with E-state index < -0.39 is 0 Å². The number of amides is 2. The Morgan fingerprint density at radius 2 is 2.58 bits per heavy atom. The molecule has 4 heteroatoms. The van der Waals surface area contributed by atoms with Gasteiger partial charge in [0.15, 0.2) is 0 Å². The SMILES string of the molecule is O=C1NCCN1Cc1ccoc1. The molecule has 64 valence electrons. The minimum atomic E-state index is 0.0104. The molecule has 12 heavy (non-hydrogen) atoms. The van der Waals surface area contributed by atoms with Gasteiger partial charge in [-0.1, -0.05) is 0 Å². The van der Waals surface area contributed by atoms with Gasteiger partial charge >= 0.3 is 6.03 Å². The maximum Gasteiger partial charge on any atom is 0.317 e. The molecule has 1 saturated heterocycles. The normalized spacial score (nSPS) is 16.7. The predicted molar refractivity (Wildman–Crippen MR) is 42.5 cm³/mol. The van der Waals surface area contributed by atoms with Crippen LogP contribution in [0, 0.1) is 0 Å². The minimum Gasteiger partial charge on any atom is -0.472 e. The molecule has 0 aromatic carbocycles. The number of carbonyl (C=O) groups excluding carboxylic acids is 1. The molecular formula is C8H10N2O2. The number of urea groups is 1. The van der Waals surface area contributed by atoms with Crippen LogP contribution in [0.25, 0.3) is 0 Å². The molecule has 1 fully saturated rings. The summed E-state index contributed by atoms with van der Waals surface area (Å²) < 4.78 is 4.90. The molecular weight excluding hydrogens is 156 g/mol. The quantitative estimate of drug-likeness (QED) is 0.706. The summed E-state index contributed by atoms with van der Waals surface area (Å²) in [5, 5.41) is 2.74. The third-order valence-electron chi connectivity index (χ3n) is 1.90. The maximum atomic E-state index is 11.1. The van der Waals surface area contributed by atoms with Gasteiger partial charge in [0.2, 0.25) is 0 Å². The lowest BCUT2D eigenvalue weighted by Gasteiger charge is -2.11. The van der Waals surface area contributed by atoms with E-state index >= 15 is 0 Å². The third-order valence-corrected chi connectivity index (χ3v) is 1.90. The second-order valence-corrected chi connectivity index (χ2v) is 2.79. The molecule has 1 N–H and O–H groups in total. The highest BCUT2D eigenvalue weighted by atomic mass is 16.3. The molecule has 0 radical (unpaired) electrons. The molecule has 2 heterocycles. The summed E-state index contributed by atoms with van der Waals surface area (Å²) in [7, 11) is 0. The van der Waals surface area contributed by atoms with Crippen molar-refractivity contribution in [3.05, 3.63) is 24.2 Å². The monoisotopic (exact) mass is 166 g/mol. The summed E-state index contributed by atoms with van der Waals surface area (Å²) in [5.74, 6) is 0. The molecule has 4 nitrogen and oxygen atoms in total. The minimum absolute atomic E-state index is 0.0104. The van der Waals surface area contributed by atoms with E-state index in [1.807, 2.05) is 6.07 Å². The van der Waals surface area contributed by atoms with E-state index in [9.17, 15) is 4.79 Å². The molecule has 1 aromatic heterocycles. The van der Waals surface area contributed by atoms with Crippen molar-refractivity contribution in [1.29, 1.82) is 0 Å². The van der Waals surface area contributed by atoms with Crippen LogP contribution in [0.15, 0.2) is 23.0 Å². The molecule has 2 rings (SSSR count).